The SMILES string of the molecule is COCCCCCNS(=O)(=O)c1ccc(F)c(CN)c1F. The summed E-state index contributed by atoms with van der Waals surface area (Å²) < 4.78 is 58.4. The van der Waals surface area contributed by atoms with Gasteiger partial charge in [-0.15, -0.1) is 0 Å². The standard InChI is InChI=1S/C13H20F2N2O3S/c1-20-8-4-2-3-7-17-21(18,19)12-6-5-11(14)10(9-16)13(12)15/h5-6,17H,2-4,7-9,16H2,1H3. The van der Waals surface area contributed by atoms with E-state index in [4.69, 9.17) is 10.5 Å². The van der Waals surface area contributed by atoms with Gasteiger partial charge in [0.05, 0.1) is 0 Å². The van der Waals surface area contributed by atoms with Crippen LogP contribution in [0.3, 0.4) is 0 Å². The molecule has 3 N–H and O–H groups in total. The van der Waals surface area contributed by atoms with E-state index in [0.717, 1.165) is 25.0 Å². The molecule has 0 aromatic heterocycles. The number of methoxy groups -OCH3 is 1. The Morgan fingerprint density at radius 3 is 2.57 bits per heavy atom. The number of hydrogen-bond acceptors (Lipinski definition) is 4. The lowest BCUT2D eigenvalue weighted by Gasteiger charge is -2.10. The minimum Gasteiger partial charge on any atom is -0.385 e. The maximum absolute atomic E-state index is 13.9. The molecule has 0 aliphatic carbocycles. The van der Waals surface area contributed by atoms with Crippen molar-refractivity contribution in [1.82, 2.24) is 4.72 Å². The highest BCUT2D eigenvalue weighted by molar-refractivity contribution is 7.89. The van der Waals surface area contributed by atoms with Crippen molar-refractivity contribution in [2.45, 2.75) is 30.7 Å². The van der Waals surface area contributed by atoms with Crippen molar-refractivity contribution >= 4 is 10.0 Å². The first-order valence-electron chi connectivity index (χ1n) is 6.59. The second-order valence-electron chi connectivity index (χ2n) is 4.49. The summed E-state index contributed by atoms with van der Waals surface area (Å²) in [4.78, 5) is -0.582. The number of nitrogens with one attached hydrogen (secondary N) is 1. The van der Waals surface area contributed by atoms with Gasteiger partial charge in [-0.25, -0.2) is 21.9 Å². The molecule has 0 heterocycles. The zero-order chi connectivity index (χ0) is 15.9. The van der Waals surface area contributed by atoms with E-state index in [1.807, 2.05) is 0 Å². The zero-order valence-corrected chi connectivity index (χ0v) is 12.7. The Morgan fingerprint density at radius 2 is 1.95 bits per heavy atom. The van der Waals surface area contributed by atoms with Crippen LogP contribution in [0.5, 0.6) is 0 Å². The van der Waals surface area contributed by atoms with Crippen molar-refractivity contribution in [3.8, 4) is 0 Å². The molecule has 0 saturated carbocycles. The fourth-order valence-electron chi connectivity index (χ4n) is 1.80. The first-order valence-corrected chi connectivity index (χ1v) is 8.08. The van der Waals surface area contributed by atoms with Gasteiger partial charge in [0.1, 0.15) is 10.7 Å². The van der Waals surface area contributed by atoms with Gasteiger partial charge in [0.25, 0.3) is 0 Å². The molecule has 0 fully saturated rings. The molecule has 120 valence electrons. The van der Waals surface area contributed by atoms with Gasteiger partial charge in [0.2, 0.25) is 10.0 Å². The molecule has 0 bridgehead atoms. The highest BCUT2D eigenvalue weighted by Crippen LogP contribution is 2.20. The number of unbranched alkanes of at least 4 members (excludes halogenated alkanes) is 2. The summed E-state index contributed by atoms with van der Waals surface area (Å²) in [6.45, 7) is 0.387. The summed E-state index contributed by atoms with van der Waals surface area (Å²) in [5.74, 6) is -1.99. The van der Waals surface area contributed by atoms with Crippen molar-refractivity contribution in [2.75, 3.05) is 20.3 Å². The molecule has 0 aliphatic heterocycles. The predicted molar refractivity (Wildman–Crippen MR) is 75.2 cm³/mol. The lowest BCUT2D eigenvalue weighted by Crippen LogP contribution is -2.26. The Balaban J connectivity index is 2.71. The second-order valence-corrected chi connectivity index (χ2v) is 6.23. The molecule has 0 spiro atoms. The summed E-state index contributed by atoms with van der Waals surface area (Å²) in [5, 5.41) is 0. The number of hydrogen-bond donors (Lipinski definition) is 2. The van der Waals surface area contributed by atoms with Crippen molar-refractivity contribution in [2.24, 2.45) is 5.73 Å². The number of ether oxygens (including phenoxy) is 1. The normalized spacial score (nSPS) is 11.8. The zero-order valence-electron chi connectivity index (χ0n) is 11.9. The van der Waals surface area contributed by atoms with Crippen LogP contribution >= 0.6 is 0 Å². The quantitative estimate of drug-likeness (QED) is 0.675. The molecule has 21 heavy (non-hydrogen) atoms. The summed E-state index contributed by atoms with van der Waals surface area (Å²) in [6, 6.07) is 1.80. The average Bonchev–Trinajstić information content (AvgIpc) is 2.43. The van der Waals surface area contributed by atoms with Gasteiger partial charge in [0, 0.05) is 32.4 Å². The molecule has 1 aromatic carbocycles. The maximum Gasteiger partial charge on any atom is 0.243 e. The van der Waals surface area contributed by atoms with Crippen LogP contribution in [0.25, 0.3) is 0 Å². The van der Waals surface area contributed by atoms with E-state index in [1.54, 1.807) is 7.11 Å². The fourth-order valence-corrected chi connectivity index (χ4v) is 2.98. The smallest absolute Gasteiger partial charge is 0.243 e. The van der Waals surface area contributed by atoms with Gasteiger partial charge >= 0.3 is 0 Å². The Kier molecular flexibility index (Phi) is 7.16. The summed E-state index contributed by atoms with van der Waals surface area (Å²) >= 11 is 0. The largest absolute Gasteiger partial charge is 0.385 e. The molecule has 0 aliphatic rings. The van der Waals surface area contributed by atoms with Crippen LogP contribution in [0, 0.1) is 11.6 Å². The van der Waals surface area contributed by atoms with Crippen molar-refractivity contribution < 1.29 is 21.9 Å². The Hall–Kier alpha value is -1.09. The lowest BCUT2D eigenvalue weighted by atomic mass is 10.2. The fraction of sp³-hybridized carbons (Fsp3) is 0.538. The first kappa shape index (κ1) is 18.0. The molecule has 0 atom stereocenters. The third-order valence-corrected chi connectivity index (χ3v) is 4.44. The predicted octanol–water partition coefficient (Wildman–Crippen LogP) is 1.52. The third-order valence-electron chi connectivity index (χ3n) is 2.96. The van der Waals surface area contributed by atoms with Crippen LogP contribution < -0.4 is 10.5 Å². The molecular weight excluding hydrogens is 302 g/mol. The van der Waals surface area contributed by atoms with E-state index >= 15 is 0 Å². The summed E-state index contributed by atoms with van der Waals surface area (Å²) in [7, 11) is -2.42. The molecule has 0 saturated heterocycles. The van der Waals surface area contributed by atoms with Crippen LogP contribution in [0.15, 0.2) is 17.0 Å². The summed E-state index contributed by atoms with van der Waals surface area (Å²) in [6.07, 6.45) is 2.21. The molecule has 1 rings (SSSR count). The van der Waals surface area contributed by atoms with Crippen LogP contribution in [0.1, 0.15) is 24.8 Å². The second kappa shape index (κ2) is 8.38. The van der Waals surface area contributed by atoms with Gasteiger partial charge < -0.3 is 10.5 Å². The number of benzene rings is 1. The Bertz CT molecular complexity index is 565. The highest BCUT2D eigenvalue weighted by atomic mass is 32.2. The van der Waals surface area contributed by atoms with Crippen LogP contribution in [-0.2, 0) is 21.3 Å². The van der Waals surface area contributed by atoms with Gasteiger partial charge in [0.15, 0.2) is 5.82 Å². The summed E-state index contributed by atoms with van der Waals surface area (Å²) in [5.41, 5.74) is 4.79. The minimum atomic E-state index is -4.01. The monoisotopic (exact) mass is 322 g/mol. The molecule has 0 radical (unpaired) electrons. The molecule has 8 heteroatoms. The van der Waals surface area contributed by atoms with E-state index in [0.29, 0.717) is 13.0 Å². The Morgan fingerprint density at radius 1 is 1.24 bits per heavy atom. The van der Waals surface area contributed by atoms with Crippen molar-refractivity contribution in [3.63, 3.8) is 0 Å². The first-order chi connectivity index (χ1) is 9.94. The molecule has 5 nitrogen and oxygen atoms in total. The van der Waals surface area contributed by atoms with E-state index in [-0.39, 0.29) is 6.54 Å². The molecular formula is C13H20F2N2O3S. The highest BCUT2D eigenvalue weighted by Gasteiger charge is 2.22. The van der Waals surface area contributed by atoms with Crippen molar-refractivity contribution in [1.29, 1.82) is 0 Å². The number of rotatable bonds is 9. The molecule has 0 amide bonds. The van der Waals surface area contributed by atoms with Gasteiger partial charge in [-0.1, -0.05) is 0 Å². The number of sulfonamides is 1. The van der Waals surface area contributed by atoms with Crippen molar-refractivity contribution in [3.05, 3.63) is 29.3 Å². The van der Waals surface area contributed by atoms with Gasteiger partial charge in [-0.2, -0.15) is 0 Å². The van der Waals surface area contributed by atoms with Gasteiger partial charge in [-0.05, 0) is 31.4 Å². The van der Waals surface area contributed by atoms with E-state index in [2.05, 4.69) is 4.72 Å². The molecule has 0 unspecified atom stereocenters. The van der Waals surface area contributed by atoms with E-state index in [1.165, 1.54) is 0 Å². The van der Waals surface area contributed by atoms with E-state index < -0.39 is 38.7 Å². The maximum atomic E-state index is 13.9. The van der Waals surface area contributed by atoms with E-state index in [9.17, 15) is 17.2 Å². The van der Waals surface area contributed by atoms with Crippen LogP contribution in [0.4, 0.5) is 8.78 Å². The topological polar surface area (TPSA) is 81.4 Å². The van der Waals surface area contributed by atoms with Crippen LogP contribution in [-0.4, -0.2) is 28.7 Å². The average molecular weight is 322 g/mol. The van der Waals surface area contributed by atoms with Crippen LogP contribution in [0.2, 0.25) is 0 Å². The lowest BCUT2D eigenvalue weighted by molar-refractivity contribution is 0.192. The molecule has 1 aromatic rings. The number of halogens is 2. The minimum absolute atomic E-state index is 0.181. The van der Waals surface area contributed by atoms with Gasteiger partial charge in [-0.3, -0.25) is 0 Å². The third kappa shape index (κ3) is 4.99. The Labute approximate surface area is 123 Å². The number of nitrogens with two attached hydrogens (primary N) is 1.